The third-order valence-electron chi connectivity index (χ3n) is 13.9. The van der Waals surface area contributed by atoms with E-state index in [4.69, 9.17) is 18.9 Å². The summed E-state index contributed by atoms with van der Waals surface area (Å²) in [6, 6.07) is 0. The quantitative estimate of drug-likeness (QED) is 0.0195. The Labute approximate surface area is 480 Å². The summed E-state index contributed by atoms with van der Waals surface area (Å²) in [6.07, 6.45) is 76.6. The SMILES string of the molecule is CC/C=C\C/C=C\C/C=C\C/C=C\C/C=C\C/C=C\C/C=C\CCCCCC(=O)OC(COC(=O)CCCCCCCCCCCCCCCCCCCCCCCCCCCCCC)COC(OCC[N+](C)(C)C)C(=O)[O-]. The van der Waals surface area contributed by atoms with Crippen molar-refractivity contribution in [1.29, 1.82) is 0 Å². The number of carboxylic acids is 1. The van der Waals surface area contributed by atoms with E-state index in [0.29, 0.717) is 17.4 Å². The van der Waals surface area contributed by atoms with Gasteiger partial charge >= 0.3 is 11.9 Å². The number of likely N-dealkylation sites (N-methyl/N-ethyl adjacent to an activating group) is 1. The number of quaternary nitrogens is 1. The zero-order valence-electron chi connectivity index (χ0n) is 51.3. The number of hydrogen-bond acceptors (Lipinski definition) is 8. The molecule has 78 heavy (non-hydrogen) atoms. The van der Waals surface area contributed by atoms with Gasteiger partial charge in [-0.1, -0.05) is 279 Å². The Morgan fingerprint density at radius 3 is 1.09 bits per heavy atom. The molecule has 0 radical (unpaired) electrons. The minimum atomic E-state index is -1.63. The van der Waals surface area contributed by atoms with E-state index in [1.807, 2.05) is 21.1 Å². The zero-order valence-corrected chi connectivity index (χ0v) is 51.3. The average molecular weight is 1090 g/mol. The highest BCUT2D eigenvalue weighted by molar-refractivity contribution is 5.70. The van der Waals surface area contributed by atoms with Crippen LogP contribution in [0.4, 0.5) is 0 Å². The largest absolute Gasteiger partial charge is 0.545 e. The second-order valence-electron chi connectivity index (χ2n) is 22.7. The first-order valence-electron chi connectivity index (χ1n) is 32.2. The molecule has 0 fully saturated rings. The van der Waals surface area contributed by atoms with Gasteiger partial charge in [-0.25, -0.2) is 0 Å². The molecular formula is C69H121NO8. The molecule has 0 aromatic rings. The summed E-state index contributed by atoms with van der Waals surface area (Å²) >= 11 is 0. The molecule has 2 atom stereocenters. The van der Waals surface area contributed by atoms with Gasteiger partial charge in [0.15, 0.2) is 12.4 Å². The lowest BCUT2D eigenvalue weighted by Gasteiger charge is -2.26. The lowest BCUT2D eigenvalue weighted by Crippen LogP contribution is -2.44. The Bertz CT molecular complexity index is 1550. The van der Waals surface area contributed by atoms with Crippen molar-refractivity contribution in [1.82, 2.24) is 0 Å². The number of ether oxygens (including phenoxy) is 4. The van der Waals surface area contributed by atoms with E-state index in [1.165, 1.54) is 161 Å². The van der Waals surface area contributed by atoms with Gasteiger partial charge in [-0.3, -0.25) is 9.59 Å². The maximum atomic E-state index is 12.9. The van der Waals surface area contributed by atoms with E-state index >= 15 is 0 Å². The first-order valence-corrected chi connectivity index (χ1v) is 32.2. The topological polar surface area (TPSA) is 111 Å². The molecule has 0 amide bonds. The van der Waals surface area contributed by atoms with Crippen LogP contribution in [0.25, 0.3) is 0 Å². The van der Waals surface area contributed by atoms with Crippen LogP contribution in [0.3, 0.4) is 0 Å². The molecule has 0 saturated heterocycles. The molecule has 0 aromatic heterocycles. The molecule has 0 aliphatic heterocycles. The van der Waals surface area contributed by atoms with Gasteiger partial charge in [0.05, 0.1) is 40.3 Å². The third-order valence-corrected chi connectivity index (χ3v) is 13.9. The van der Waals surface area contributed by atoms with E-state index < -0.39 is 24.3 Å². The summed E-state index contributed by atoms with van der Waals surface area (Å²) < 4.78 is 22.7. The van der Waals surface area contributed by atoms with Gasteiger partial charge in [0.1, 0.15) is 13.2 Å². The number of carbonyl (C=O) groups is 3. The van der Waals surface area contributed by atoms with Crippen molar-refractivity contribution in [2.24, 2.45) is 0 Å². The lowest BCUT2D eigenvalue weighted by atomic mass is 10.0. The molecule has 0 aromatic carbocycles. The molecule has 0 spiro atoms. The Morgan fingerprint density at radius 1 is 0.397 bits per heavy atom. The van der Waals surface area contributed by atoms with Crippen molar-refractivity contribution in [3.05, 3.63) is 85.1 Å². The summed E-state index contributed by atoms with van der Waals surface area (Å²) in [7, 11) is 5.91. The van der Waals surface area contributed by atoms with E-state index in [0.717, 1.165) is 83.5 Å². The van der Waals surface area contributed by atoms with Gasteiger partial charge in [-0.2, -0.15) is 0 Å². The van der Waals surface area contributed by atoms with Gasteiger partial charge < -0.3 is 33.3 Å². The molecule has 0 saturated carbocycles. The first kappa shape index (κ1) is 74.5. The number of rotatable bonds is 59. The smallest absolute Gasteiger partial charge is 0.306 e. The van der Waals surface area contributed by atoms with Crippen molar-refractivity contribution < 1.29 is 42.9 Å². The molecule has 0 bridgehead atoms. The molecule has 0 rings (SSSR count). The number of carbonyl (C=O) groups excluding carboxylic acids is 3. The second-order valence-corrected chi connectivity index (χ2v) is 22.7. The fraction of sp³-hybridized carbons (Fsp3) is 0.754. The van der Waals surface area contributed by atoms with Crippen LogP contribution >= 0.6 is 0 Å². The zero-order chi connectivity index (χ0) is 56.9. The molecule has 0 heterocycles. The highest BCUT2D eigenvalue weighted by atomic mass is 16.7. The van der Waals surface area contributed by atoms with Gasteiger partial charge in [0, 0.05) is 12.8 Å². The lowest BCUT2D eigenvalue weighted by molar-refractivity contribution is -0.870. The number of aliphatic carboxylic acids is 1. The Kier molecular flexibility index (Phi) is 56.9. The summed E-state index contributed by atoms with van der Waals surface area (Å²) in [5.41, 5.74) is 0. The van der Waals surface area contributed by atoms with Gasteiger partial charge in [0.25, 0.3) is 0 Å². The molecule has 0 aliphatic carbocycles. The predicted molar refractivity (Wildman–Crippen MR) is 329 cm³/mol. The van der Waals surface area contributed by atoms with Crippen LogP contribution in [-0.2, 0) is 33.3 Å². The van der Waals surface area contributed by atoms with Crippen LogP contribution in [-0.4, -0.2) is 82.3 Å². The predicted octanol–water partition coefficient (Wildman–Crippen LogP) is 18.2. The van der Waals surface area contributed by atoms with Crippen molar-refractivity contribution in [2.75, 3.05) is 47.5 Å². The third kappa shape index (κ3) is 60.1. The summed E-state index contributed by atoms with van der Waals surface area (Å²) in [4.78, 5) is 37.4. The van der Waals surface area contributed by atoms with Crippen LogP contribution < -0.4 is 5.11 Å². The minimum absolute atomic E-state index is 0.138. The number of nitrogens with zero attached hydrogens (tertiary/aromatic N) is 1. The molecule has 450 valence electrons. The monoisotopic (exact) mass is 1090 g/mol. The molecule has 9 nitrogen and oxygen atoms in total. The van der Waals surface area contributed by atoms with Crippen molar-refractivity contribution >= 4 is 17.9 Å². The van der Waals surface area contributed by atoms with E-state index in [1.54, 1.807) is 0 Å². The molecule has 0 N–H and O–H groups in total. The van der Waals surface area contributed by atoms with Crippen LogP contribution in [0, 0.1) is 0 Å². The summed E-state index contributed by atoms with van der Waals surface area (Å²) in [5.74, 6) is -2.32. The van der Waals surface area contributed by atoms with Crippen LogP contribution in [0.5, 0.6) is 0 Å². The standard InChI is InChI=1S/C69H121NO8/c1-6-8-10-12-14-16-18-20-22-24-26-28-30-32-33-34-36-37-39-41-43-45-47-49-51-53-55-57-59-66(71)76-63-65(64-77-69(68(73)74)75-62-61-70(3,4)5)78-67(72)60-58-56-54-52-50-48-46-44-42-40-38-35-31-29-27-25-23-21-19-17-15-13-11-9-7-2/h9,11,15,17,21,23,27,29,35,38,42,44,48,50,65,69H,6-8,10,12-14,16,18-20,22,24-26,28,30-34,36-37,39-41,43,45-47,49,51-64H2,1-5H3/b11-9-,17-15-,23-21-,29-27-,38-35-,44-42-,50-48-. The van der Waals surface area contributed by atoms with Crippen molar-refractivity contribution in [3.63, 3.8) is 0 Å². The molecule has 9 heteroatoms. The number of carboxylic acid groups (broad SMARTS) is 1. The molecular weight excluding hydrogens is 971 g/mol. The fourth-order valence-electron chi connectivity index (χ4n) is 8.99. The first-order chi connectivity index (χ1) is 38.1. The maximum Gasteiger partial charge on any atom is 0.306 e. The Balaban J connectivity index is 4.22. The van der Waals surface area contributed by atoms with Gasteiger partial charge in [-0.15, -0.1) is 0 Å². The van der Waals surface area contributed by atoms with Crippen LogP contribution in [0.15, 0.2) is 85.1 Å². The summed E-state index contributed by atoms with van der Waals surface area (Å²) in [5, 5.41) is 11.8. The highest BCUT2D eigenvalue weighted by Gasteiger charge is 2.22. The fourth-order valence-corrected chi connectivity index (χ4v) is 8.99. The van der Waals surface area contributed by atoms with E-state index in [2.05, 4.69) is 98.9 Å². The minimum Gasteiger partial charge on any atom is -0.545 e. The van der Waals surface area contributed by atoms with Crippen molar-refractivity contribution in [2.45, 2.75) is 289 Å². The number of hydrogen-bond donors (Lipinski definition) is 0. The number of allylic oxidation sites excluding steroid dienone is 14. The van der Waals surface area contributed by atoms with Gasteiger partial charge in [-0.05, 0) is 70.6 Å². The van der Waals surface area contributed by atoms with Crippen LogP contribution in [0.1, 0.15) is 277 Å². The van der Waals surface area contributed by atoms with Crippen molar-refractivity contribution in [3.8, 4) is 0 Å². The molecule has 0 aliphatic rings. The normalized spacial score (nSPS) is 13.3. The van der Waals surface area contributed by atoms with Crippen LogP contribution in [0.2, 0.25) is 0 Å². The summed E-state index contributed by atoms with van der Waals surface area (Å²) in [6.45, 7) is 4.62. The highest BCUT2D eigenvalue weighted by Crippen LogP contribution is 2.17. The Morgan fingerprint density at radius 2 is 0.731 bits per heavy atom. The maximum absolute atomic E-state index is 12.9. The van der Waals surface area contributed by atoms with E-state index in [-0.39, 0.29) is 38.6 Å². The Hall–Kier alpha value is -3.53. The average Bonchev–Trinajstić information content (AvgIpc) is 3.41. The molecule has 2 unspecified atom stereocenters. The van der Waals surface area contributed by atoms with E-state index in [9.17, 15) is 19.5 Å². The number of esters is 2. The van der Waals surface area contributed by atoms with Gasteiger partial charge in [0.2, 0.25) is 0 Å². The second kappa shape index (κ2) is 59.6. The number of unbranched alkanes of at least 4 members (excludes halogenated alkanes) is 30.